The Morgan fingerprint density at radius 3 is 3.00 bits per heavy atom. The Labute approximate surface area is 98.6 Å². The minimum Gasteiger partial charge on any atom is -0.480 e. The zero-order valence-corrected chi connectivity index (χ0v) is 9.37. The molecular formula is C11H13ClN2O2. The van der Waals surface area contributed by atoms with E-state index in [1.165, 1.54) is 0 Å². The summed E-state index contributed by atoms with van der Waals surface area (Å²) >= 11 is 5.86. The molecule has 16 heavy (non-hydrogen) atoms. The van der Waals surface area contributed by atoms with E-state index in [0.29, 0.717) is 18.0 Å². The Balaban J connectivity index is 1.94. The van der Waals surface area contributed by atoms with Crippen molar-refractivity contribution in [2.24, 2.45) is 0 Å². The summed E-state index contributed by atoms with van der Waals surface area (Å²) in [5, 5.41) is 15.7. The van der Waals surface area contributed by atoms with Crippen LogP contribution in [-0.2, 0) is 4.79 Å². The predicted octanol–water partition coefficient (Wildman–Crippen LogP) is 1.57. The second-order valence-corrected chi connectivity index (χ2v) is 4.32. The second kappa shape index (κ2) is 4.72. The lowest BCUT2D eigenvalue weighted by Crippen LogP contribution is -2.30. The Morgan fingerprint density at radius 2 is 2.38 bits per heavy atom. The molecule has 0 amide bonds. The molecule has 2 atom stereocenters. The van der Waals surface area contributed by atoms with E-state index in [9.17, 15) is 4.79 Å². The molecule has 86 valence electrons. The minimum absolute atomic E-state index is 0.138. The number of anilines is 1. The van der Waals surface area contributed by atoms with Crippen LogP contribution in [0.15, 0.2) is 24.3 Å². The number of hydrogen-bond acceptors (Lipinski definition) is 3. The van der Waals surface area contributed by atoms with Crippen molar-refractivity contribution in [3.05, 3.63) is 29.3 Å². The number of nitrogens with one attached hydrogen (secondary N) is 2. The second-order valence-electron chi connectivity index (χ2n) is 3.89. The van der Waals surface area contributed by atoms with Crippen molar-refractivity contribution in [2.75, 3.05) is 11.9 Å². The van der Waals surface area contributed by atoms with Gasteiger partial charge in [-0.2, -0.15) is 0 Å². The van der Waals surface area contributed by atoms with E-state index in [0.717, 1.165) is 5.69 Å². The van der Waals surface area contributed by atoms with E-state index < -0.39 is 12.0 Å². The molecule has 0 spiro atoms. The van der Waals surface area contributed by atoms with Crippen molar-refractivity contribution in [3.8, 4) is 0 Å². The molecule has 4 nitrogen and oxygen atoms in total. The molecular weight excluding hydrogens is 228 g/mol. The molecule has 0 aromatic heterocycles. The van der Waals surface area contributed by atoms with Gasteiger partial charge >= 0.3 is 5.97 Å². The van der Waals surface area contributed by atoms with E-state index >= 15 is 0 Å². The van der Waals surface area contributed by atoms with Gasteiger partial charge in [0.2, 0.25) is 0 Å². The van der Waals surface area contributed by atoms with Gasteiger partial charge in [0.15, 0.2) is 0 Å². The maximum absolute atomic E-state index is 10.7. The minimum atomic E-state index is -0.796. The summed E-state index contributed by atoms with van der Waals surface area (Å²) in [6, 6.07) is 7.10. The quantitative estimate of drug-likeness (QED) is 0.751. The predicted molar refractivity (Wildman–Crippen MR) is 62.9 cm³/mol. The number of carbonyl (C=O) groups is 1. The first kappa shape index (κ1) is 11.2. The summed E-state index contributed by atoms with van der Waals surface area (Å²) in [5.41, 5.74) is 0.922. The SMILES string of the molecule is O=C(O)[C@@H]1C[C@H](Nc2cccc(Cl)c2)CN1. The number of halogens is 1. The van der Waals surface area contributed by atoms with Crippen molar-refractivity contribution in [1.82, 2.24) is 5.32 Å². The number of carboxylic acids is 1. The highest BCUT2D eigenvalue weighted by atomic mass is 35.5. The number of rotatable bonds is 3. The average molecular weight is 241 g/mol. The van der Waals surface area contributed by atoms with Crippen molar-refractivity contribution in [2.45, 2.75) is 18.5 Å². The van der Waals surface area contributed by atoms with Gasteiger partial charge in [-0.1, -0.05) is 17.7 Å². The van der Waals surface area contributed by atoms with Crippen LogP contribution in [0.4, 0.5) is 5.69 Å². The molecule has 1 aromatic carbocycles. The Morgan fingerprint density at radius 1 is 1.56 bits per heavy atom. The first-order valence-electron chi connectivity index (χ1n) is 5.13. The molecule has 2 rings (SSSR count). The molecule has 1 fully saturated rings. The Bertz CT molecular complexity index is 397. The molecule has 1 aromatic rings. The number of benzene rings is 1. The highest BCUT2D eigenvalue weighted by Gasteiger charge is 2.28. The van der Waals surface area contributed by atoms with Gasteiger partial charge < -0.3 is 15.7 Å². The number of hydrogen-bond donors (Lipinski definition) is 3. The molecule has 0 bridgehead atoms. The van der Waals surface area contributed by atoms with Crippen LogP contribution < -0.4 is 10.6 Å². The molecule has 1 aliphatic heterocycles. The Kier molecular flexibility index (Phi) is 3.31. The monoisotopic (exact) mass is 240 g/mol. The van der Waals surface area contributed by atoms with Gasteiger partial charge in [0.25, 0.3) is 0 Å². The van der Waals surface area contributed by atoms with Crippen LogP contribution in [0.1, 0.15) is 6.42 Å². The van der Waals surface area contributed by atoms with Gasteiger partial charge in [-0.25, -0.2) is 0 Å². The van der Waals surface area contributed by atoms with Crippen LogP contribution >= 0.6 is 11.6 Å². The van der Waals surface area contributed by atoms with Gasteiger partial charge in [-0.15, -0.1) is 0 Å². The topological polar surface area (TPSA) is 61.4 Å². The van der Waals surface area contributed by atoms with Crippen LogP contribution in [0.2, 0.25) is 5.02 Å². The molecule has 0 saturated carbocycles. The van der Waals surface area contributed by atoms with Crippen LogP contribution in [0.25, 0.3) is 0 Å². The molecule has 5 heteroatoms. The van der Waals surface area contributed by atoms with E-state index in [-0.39, 0.29) is 6.04 Å². The zero-order chi connectivity index (χ0) is 11.5. The third-order valence-corrected chi connectivity index (χ3v) is 2.86. The molecule has 1 saturated heterocycles. The average Bonchev–Trinajstić information content (AvgIpc) is 2.66. The summed E-state index contributed by atoms with van der Waals surface area (Å²) < 4.78 is 0. The van der Waals surface area contributed by atoms with Crippen molar-refractivity contribution in [3.63, 3.8) is 0 Å². The molecule has 0 unspecified atom stereocenters. The lowest BCUT2D eigenvalue weighted by Gasteiger charge is -2.12. The number of carboxylic acid groups (broad SMARTS) is 1. The zero-order valence-electron chi connectivity index (χ0n) is 8.61. The maximum atomic E-state index is 10.7. The largest absolute Gasteiger partial charge is 0.480 e. The first-order valence-corrected chi connectivity index (χ1v) is 5.51. The normalized spacial score (nSPS) is 24.3. The van der Waals surface area contributed by atoms with E-state index in [4.69, 9.17) is 16.7 Å². The highest BCUT2D eigenvalue weighted by molar-refractivity contribution is 6.30. The van der Waals surface area contributed by atoms with Gasteiger partial charge in [0.1, 0.15) is 6.04 Å². The Hall–Kier alpha value is -1.26. The van der Waals surface area contributed by atoms with Gasteiger partial charge in [-0.3, -0.25) is 4.79 Å². The van der Waals surface area contributed by atoms with E-state index in [1.807, 2.05) is 18.2 Å². The van der Waals surface area contributed by atoms with Gasteiger partial charge in [-0.05, 0) is 24.6 Å². The van der Waals surface area contributed by atoms with Crippen LogP contribution in [-0.4, -0.2) is 29.7 Å². The summed E-state index contributed by atoms with van der Waals surface area (Å²) in [6.45, 7) is 0.656. The van der Waals surface area contributed by atoms with E-state index in [2.05, 4.69) is 10.6 Å². The summed E-state index contributed by atoms with van der Waals surface area (Å²) in [5.74, 6) is -0.796. The van der Waals surface area contributed by atoms with Crippen LogP contribution in [0.5, 0.6) is 0 Å². The smallest absolute Gasteiger partial charge is 0.320 e. The fraction of sp³-hybridized carbons (Fsp3) is 0.364. The van der Waals surface area contributed by atoms with Crippen molar-refractivity contribution < 1.29 is 9.90 Å². The molecule has 3 N–H and O–H groups in total. The van der Waals surface area contributed by atoms with Crippen LogP contribution in [0, 0.1) is 0 Å². The van der Waals surface area contributed by atoms with Gasteiger partial charge in [0.05, 0.1) is 0 Å². The molecule has 1 heterocycles. The fourth-order valence-electron chi connectivity index (χ4n) is 1.85. The highest BCUT2D eigenvalue weighted by Crippen LogP contribution is 2.18. The van der Waals surface area contributed by atoms with Crippen molar-refractivity contribution >= 4 is 23.3 Å². The molecule has 0 aliphatic carbocycles. The molecule has 1 aliphatic rings. The summed E-state index contributed by atoms with van der Waals surface area (Å²) in [7, 11) is 0. The van der Waals surface area contributed by atoms with Crippen molar-refractivity contribution in [1.29, 1.82) is 0 Å². The summed E-state index contributed by atoms with van der Waals surface area (Å²) in [6.07, 6.45) is 0.585. The van der Waals surface area contributed by atoms with E-state index in [1.54, 1.807) is 6.07 Å². The van der Waals surface area contributed by atoms with Gasteiger partial charge in [0, 0.05) is 23.3 Å². The molecule has 0 radical (unpaired) electrons. The van der Waals surface area contributed by atoms with Crippen LogP contribution in [0.3, 0.4) is 0 Å². The fourth-order valence-corrected chi connectivity index (χ4v) is 2.04. The number of aliphatic carboxylic acids is 1. The lowest BCUT2D eigenvalue weighted by molar-refractivity contribution is -0.139. The third kappa shape index (κ3) is 2.65. The third-order valence-electron chi connectivity index (χ3n) is 2.62. The maximum Gasteiger partial charge on any atom is 0.320 e. The lowest BCUT2D eigenvalue weighted by atomic mass is 10.1. The first-order chi connectivity index (χ1) is 7.65. The summed E-state index contributed by atoms with van der Waals surface area (Å²) in [4.78, 5) is 10.7. The standard InChI is InChI=1S/C11H13ClN2O2/c12-7-2-1-3-8(4-7)14-9-5-10(11(15)16)13-6-9/h1-4,9-10,13-14H,5-6H2,(H,15,16)/t9-,10-/m0/s1.